The molecule has 0 saturated carbocycles. The van der Waals surface area contributed by atoms with Gasteiger partial charge < -0.3 is 15.8 Å². The van der Waals surface area contributed by atoms with Crippen molar-refractivity contribution in [2.75, 3.05) is 18.2 Å². The highest BCUT2D eigenvalue weighted by Crippen LogP contribution is 2.38. The van der Waals surface area contributed by atoms with Gasteiger partial charge in [0.05, 0.1) is 17.7 Å². The number of nitrogen functional groups attached to an aromatic ring is 1. The van der Waals surface area contributed by atoms with Crippen LogP contribution in [0.4, 0.5) is 10.9 Å². The highest BCUT2D eigenvalue weighted by molar-refractivity contribution is 8.93. The van der Waals surface area contributed by atoms with Crippen molar-refractivity contribution >= 4 is 45.2 Å². The van der Waals surface area contributed by atoms with Gasteiger partial charge in [0.15, 0.2) is 5.13 Å². The van der Waals surface area contributed by atoms with E-state index in [0.29, 0.717) is 16.5 Å². The van der Waals surface area contributed by atoms with Gasteiger partial charge in [0.1, 0.15) is 11.6 Å². The van der Waals surface area contributed by atoms with Crippen molar-refractivity contribution in [1.82, 2.24) is 9.97 Å². The van der Waals surface area contributed by atoms with Gasteiger partial charge in [-0.1, -0.05) is 29.5 Å². The summed E-state index contributed by atoms with van der Waals surface area (Å²) in [5.41, 5.74) is 9.16. The van der Waals surface area contributed by atoms with Crippen LogP contribution in [0.3, 0.4) is 0 Å². The van der Waals surface area contributed by atoms with Crippen molar-refractivity contribution < 1.29 is 9.53 Å². The fourth-order valence-electron chi connectivity index (χ4n) is 2.90. The monoisotopic (exact) mass is 482 g/mol. The number of nitrogens with one attached hydrogen (secondary N) is 1. The van der Waals surface area contributed by atoms with Gasteiger partial charge in [-0.2, -0.15) is 0 Å². The molecule has 0 radical (unpaired) electrons. The maximum Gasteiger partial charge on any atom is 0.256 e. The Morgan fingerprint density at radius 3 is 2.47 bits per heavy atom. The molecular formula is C22H19BrN4O2S. The Kier molecular flexibility index (Phi) is 6.81. The lowest BCUT2D eigenvalue weighted by Gasteiger charge is -2.07. The number of methoxy groups -OCH3 is 1. The third-order valence-corrected chi connectivity index (χ3v) is 5.24. The largest absolute Gasteiger partial charge is 0.497 e. The Bertz CT molecular complexity index is 1150. The lowest BCUT2D eigenvalue weighted by Crippen LogP contribution is -2.12. The zero-order valence-corrected chi connectivity index (χ0v) is 18.6. The molecular weight excluding hydrogens is 464 g/mol. The minimum absolute atomic E-state index is 0. The first-order valence-corrected chi connectivity index (χ1v) is 9.69. The molecule has 0 unspecified atom stereocenters. The number of hydrogen-bond donors (Lipinski definition) is 2. The molecule has 0 aliphatic heterocycles. The SMILES string of the molecule is Br.COc1ccc(-c2nc(N)sc2-c2ccnc(NC(=O)c3ccccc3)c2)cc1. The molecule has 0 spiro atoms. The number of rotatable bonds is 5. The van der Waals surface area contributed by atoms with Gasteiger partial charge in [0.2, 0.25) is 0 Å². The summed E-state index contributed by atoms with van der Waals surface area (Å²) in [6.45, 7) is 0. The number of carbonyl (C=O) groups is 1. The second kappa shape index (κ2) is 9.51. The van der Waals surface area contributed by atoms with E-state index in [9.17, 15) is 4.79 Å². The molecule has 0 atom stereocenters. The number of pyridine rings is 1. The Morgan fingerprint density at radius 2 is 1.77 bits per heavy atom. The normalized spacial score (nSPS) is 10.2. The second-order valence-corrected chi connectivity index (χ2v) is 7.24. The molecule has 0 saturated heterocycles. The smallest absolute Gasteiger partial charge is 0.256 e. The predicted octanol–water partition coefficient (Wildman–Crippen LogP) is 5.29. The van der Waals surface area contributed by atoms with Gasteiger partial charge in [-0.15, -0.1) is 17.0 Å². The molecule has 152 valence electrons. The minimum atomic E-state index is -0.213. The van der Waals surface area contributed by atoms with Crippen LogP contribution in [0.2, 0.25) is 0 Å². The van der Waals surface area contributed by atoms with Crippen LogP contribution in [0.5, 0.6) is 5.75 Å². The second-order valence-electron chi connectivity index (χ2n) is 6.21. The number of benzene rings is 2. The van der Waals surface area contributed by atoms with E-state index < -0.39 is 0 Å². The number of nitrogens with zero attached hydrogens (tertiary/aromatic N) is 2. The van der Waals surface area contributed by atoms with E-state index in [-0.39, 0.29) is 22.9 Å². The van der Waals surface area contributed by atoms with Crippen molar-refractivity contribution in [2.24, 2.45) is 0 Å². The van der Waals surface area contributed by atoms with Crippen molar-refractivity contribution in [1.29, 1.82) is 0 Å². The summed E-state index contributed by atoms with van der Waals surface area (Å²) >= 11 is 1.39. The summed E-state index contributed by atoms with van der Waals surface area (Å²) in [5.74, 6) is 1.02. The molecule has 0 fully saturated rings. The summed E-state index contributed by atoms with van der Waals surface area (Å²) in [4.78, 5) is 22.1. The van der Waals surface area contributed by atoms with E-state index >= 15 is 0 Å². The number of thiazole rings is 1. The van der Waals surface area contributed by atoms with E-state index in [4.69, 9.17) is 10.5 Å². The summed E-state index contributed by atoms with van der Waals surface area (Å²) in [5, 5.41) is 3.31. The zero-order chi connectivity index (χ0) is 20.2. The fraction of sp³-hybridized carbons (Fsp3) is 0.0455. The maximum absolute atomic E-state index is 12.4. The molecule has 8 heteroatoms. The number of anilines is 2. The molecule has 0 bridgehead atoms. The van der Waals surface area contributed by atoms with Crippen LogP contribution in [0.25, 0.3) is 21.7 Å². The Balaban J connectivity index is 0.00000256. The third kappa shape index (κ3) is 4.67. The average molecular weight is 483 g/mol. The summed E-state index contributed by atoms with van der Waals surface area (Å²) in [6.07, 6.45) is 1.66. The van der Waals surface area contributed by atoms with Crippen molar-refractivity contribution in [3.05, 3.63) is 78.5 Å². The van der Waals surface area contributed by atoms with Crippen LogP contribution >= 0.6 is 28.3 Å². The van der Waals surface area contributed by atoms with E-state index in [1.54, 1.807) is 25.4 Å². The van der Waals surface area contributed by atoms with Gasteiger partial charge in [-0.05, 0) is 54.1 Å². The van der Waals surface area contributed by atoms with Gasteiger partial charge in [-0.3, -0.25) is 4.79 Å². The quantitative estimate of drug-likeness (QED) is 0.403. The molecule has 4 rings (SSSR count). The van der Waals surface area contributed by atoms with Crippen LogP contribution < -0.4 is 15.8 Å². The molecule has 2 aromatic carbocycles. The molecule has 1 amide bonds. The molecule has 3 N–H and O–H groups in total. The molecule has 2 heterocycles. The summed E-state index contributed by atoms with van der Waals surface area (Å²) in [6, 6.07) is 20.4. The number of ether oxygens (including phenoxy) is 1. The van der Waals surface area contributed by atoms with E-state index in [1.807, 2.05) is 54.6 Å². The minimum Gasteiger partial charge on any atom is -0.497 e. The molecule has 0 aliphatic carbocycles. The topological polar surface area (TPSA) is 90.1 Å². The van der Waals surface area contributed by atoms with Crippen LogP contribution in [-0.4, -0.2) is 23.0 Å². The molecule has 0 aliphatic rings. The van der Waals surface area contributed by atoms with Crippen molar-refractivity contribution in [2.45, 2.75) is 0 Å². The lowest BCUT2D eigenvalue weighted by molar-refractivity contribution is 0.102. The van der Waals surface area contributed by atoms with Crippen molar-refractivity contribution in [3.8, 4) is 27.4 Å². The van der Waals surface area contributed by atoms with Gasteiger partial charge >= 0.3 is 0 Å². The number of hydrogen-bond acceptors (Lipinski definition) is 6. The Hall–Kier alpha value is -3.23. The van der Waals surface area contributed by atoms with Crippen LogP contribution in [-0.2, 0) is 0 Å². The summed E-state index contributed by atoms with van der Waals surface area (Å²) < 4.78 is 5.22. The van der Waals surface area contributed by atoms with Crippen molar-refractivity contribution in [3.63, 3.8) is 0 Å². The molecule has 30 heavy (non-hydrogen) atoms. The molecule has 4 aromatic rings. The first kappa shape index (κ1) is 21.5. The van der Waals surface area contributed by atoms with Gasteiger partial charge in [0, 0.05) is 17.3 Å². The highest BCUT2D eigenvalue weighted by atomic mass is 79.9. The zero-order valence-electron chi connectivity index (χ0n) is 16.0. The fourth-order valence-corrected chi connectivity index (χ4v) is 3.75. The highest BCUT2D eigenvalue weighted by Gasteiger charge is 2.15. The van der Waals surface area contributed by atoms with E-state index in [2.05, 4.69) is 15.3 Å². The van der Waals surface area contributed by atoms with Gasteiger partial charge in [-0.25, -0.2) is 9.97 Å². The Labute approximate surface area is 188 Å². The van der Waals surface area contributed by atoms with Gasteiger partial charge in [0.25, 0.3) is 5.91 Å². The molecule has 6 nitrogen and oxygen atoms in total. The molecule has 2 aromatic heterocycles. The summed E-state index contributed by atoms with van der Waals surface area (Å²) in [7, 11) is 1.63. The Morgan fingerprint density at radius 1 is 1.03 bits per heavy atom. The van der Waals surface area contributed by atoms with Crippen LogP contribution in [0.15, 0.2) is 72.9 Å². The predicted molar refractivity (Wildman–Crippen MR) is 126 cm³/mol. The lowest BCUT2D eigenvalue weighted by atomic mass is 10.1. The van der Waals surface area contributed by atoms with E-state index in [1.165, 1.54) is 11.3 Å². The number of halogens is 1. The number of amides is 1. The van der Waals surface area contributed by atoms with Crippen LogP contribution in [0.1, 0.15) is 10.4 Å². The maximum atomic E-state index is 12.4. The first-order chi connectivity index (χ1) is 14.1. The standard InChI is InChI=1S/C22H18N4O2S.BrH/c1-28-17-9-7-14(8-10-17)19-20(29-22(23)26-19)16-11-12-24-18(13-16)25-21(27)15-5-3-2-4-6-15;/h2-13H,1H3,(H2,23,26)(H,24,25,27);1H. The first-order valence-electron chi connectivity index (χ1n) is 8.87. The third-order valence-electron chi connectivity index (χ3n) is 4.31. The average Bonchev–Trinajstić information content (AvgIpc) is 3.16. The number of nitrogens with two attached hydrogens (primary N) is 1. The van der Waals surface area contributed by atoms with Crippen LogP contribution in [0, 0.1) is 0 Å². The number of carbonyl (C=O) groups excluding carboxylic acids is 1. The number of aromatic nitrogens is 2. The van der Waals surface area contributed by atoms with E-state index in [0.717, 1.165) is 27.4 Å².